The largest absolute Gasteiger partial charge is 0.315 e. The van der Waals surface area contributed by atoms with Gasteiger partial charge in [0.15, 0.2) is 0 Å². The highest BCUT2D eigenvalue weighted by Crippen LogP contribution is 2.05. The van der Waals surface area contributed by atoms with Gasteiger partial charge in [0.25, 0.3) is 0 Å². The second-order valence-corrected chi connectivity index (χ2v) is 10.5. The topological polar surface area (TPSA) is 99.5 Å². The van der Waals surface area contributed by atoms with Gasteiger partial charge in [-0.3, -0.25) is 0 Å². The van der Waals surface area contributed by atoms with E-state index >= 15 is 0 Å². The maximum atomic E-state index is 3.64. The van der Waals surface area contributed by atoms with Gasteiger partial charge in [-0.05, 0) is 37.9 Å². The van der Waals surface area contributed by atoms with Gasteiger partial charge in [-0.25, -0.2) is 0 Å². The van der Waals surface area contributed by atoms with Crippen LogP contribution in [0.15, 0.2) is 30.3 Å². The van der Waals surface area contributed by atoms with E-state index in [9.17, 15) is 0 Å². The maximum Gasteiger partial charge on any atom is 0.0107 e. The summed E-state index contributed by atoms with van der Waals surface area (Å²) in [6.45, 7) is 20.0. The number of hydrogen-bond acceptors (Lipinski definition) is 9. The normalized spacial score (nSPS) is 21.9. The lowest BCUT2D eigenvalue weighted by molar-refractivity contribution is 0.269. The Morgan fingerprint density at radius 3 is 1.31 bits per heavy atom. The van der Waals surface area contributed by atoms with E-state index in [4.69, 9.17) is 0 Å². The van der Waals surface area contributed by atoms with Gasteiger partial charge in [-0.1, -0.05) is 43.2 Å². The van der Waals surface area contributed by atoms with Crippen molar-refractivity contribution in [1.29, 1.82) is 0 Å². The third-order valence-electron chi connectivity index (χ3n) is 7.09. The van der Waals surface area contributed by atoms with Crippen LogP contribution >= 0.6 is 0 Å². The molecule has 1 aliphatic rings. The van der Waals surface area contributed by atoms with E-state index in [0.717, 1.165) is 124 Å². The van der Waals surface area contributed by atoms with Crippen molar-refractivity contribution in [2.75, 3.05) is 124 Å². The summed E-state index contributed by atoms with van der Waals surface area (Å²) in [5, 5.41) is 28.3. The molecule has 1 saturated heterocycles. The van der Waals surface area contributed by atoms with Crippen molar-refractivity contribution in [3.05, 3.63) is 35.9 Å². The molecule has 1 fully saturated rings. The lowest BCUT2D eigenvalue weighted by Crippen LogP contribution is -2.39. The zero-order chi connectivity index (χ0) is 27.3. The van der Waals surface area contributed by atoms with E-state index in [2.05, 4.69) is 77.8 Å². The number of nitrogens with zero attached hydrogens (tertiary/aromatic N) is 1. The zero-order valence-corrected chi connectivity index (χ0v) is 24.8. The van der Waals surface area contributed by atoms with Gasteiger partial charge in [0.2, 0.25) is 0 Å². The van der Waals surface area contributed by atoms with Crippen LogP contribution < -0.4 is 42.5 Å². The Labute approximate surface area is 239 Å². The van der Waals surface area contributed by atoms with Crippen molar-refractivity contribution < 1.29 is 0 Å². The second-order valence-electron chi connectivity index (χ2n) is 10.5. The third-order valence-corrected chi connectivity index (χ3v) is 7.09. The fourth-order valence-electron chi connectivity index (χ4n) is 4.68. The summed E-state index contributed by atoms with van der Waals surface area (Å²) in [4.78, 5) is 2.65. The first-order valence-electron chi connectivity index (χ1n) is 15.9. The van der Waals surface area contributed by atoms with E-state index in [1.54, 1.807) is 0 Å². The Hall–Kier alpha value is -1.14. The summed E-state index contributed by atoms with van der Waals surface area (Å²) < 4.78 is 0. The molecule has 2 rings (SSSR count). The van der Waals surface area contributed by atoms with Crippen molar-refractivity contribution in [3.8, 4) is 0 Å². The summed E-state index contributed by atoms with van der Waals surface area (Å²) >= 11 is 0. The molecule has 9 nitrogen and oxygen atoms in total. The molecular formula is C30H61N9. The van der Waals surface area contributed by atoms with Crippen LogP contribution in [0.1, 0.15) is 31.2 Å². The average Bonchev–Trinajstić information content (AvgIpc) is 2.96. The SMILES string of the molecule is c1ccc(CCN2CCCCCCNCCNCCNCCNCCNCCNCCNCCNCC2)cc1. The maximum absolute atomic E-state index is 3.64. The molecule has 39 heavy (non-hydrogen) atoms. The fraction of sp³-hybridized carbons (Fsp3) is 0.800. The predicted octanol–water partition coefficient (Wildman–Crippen LogP) is -0.178. The van der Waals surface area contributed by atoms with E-state index in [1.807, 2.05) is 0 Å². The van der Waals surface area contributed by atoms with Gasteiger partial charge >= 0.3 is 0 Å². The highest BCUT2D eigenvalue weighted by molar-refractivity contribution is 5.14. The first-order chi connectivity index (χ1) is 19.4. The highest BCUT2D eigenvalue weighted by atomic mass is 15.1. The van der Waals surface area contributed by atoms with Gasteiger partial charge in [-0.2, -0.15) is 0 Å². The Kier molecular flexibility index (Phi) is 23.6. The van der Waals surface area contributed by atoms with Crippen molar-refractivity contribution in [2.24, 2.45) is 0 Å². The highest BCUT2D eigenvalue weighted by Gasteiger charge is 2.05. The molecule has 0 aromatic heterocycles. The summed E-state index contributed by atoms with van der Waals surface area (Å²) in [6, 6.07) is 10.9. The smallest absolute Gasteiger partial charge is 0.0107 e. The van der Waals surface area contributed by atoms with Gasteiger partial charge in [-0.15, -0.1) is 0 Å². The van der Waals surface area contributed by atoms with Crippen LogP contribution in [0.2, 0.25) is 0 Å². The van der Waals surface area contributed by atoms with E-state index in [-0.39, 0.29) is 0 Å². The Morgan fingerprint density at radius 1 is 0.410 bits per heavy atom. The van der Waals surface area contributed by atoms with Crippen molar-refractivity contribution >= 4 is 0 Å². The lowest BCUT2D eigenvalue weighted by atomic mass is 10.1. The number of benzene rings is 1. The number of rotatable bonds is 3. The molecular weight excluding hydrogens is 486 g/mol. The van der Waals surface area contributed by atoms with E-state index < -0.39 is 0 Å². The molecule has 1 aliphatic heterocycles. The zero-order valence-electron chi connectivity index (χ0n) is 24.8. The molecule has 1 aromatic rings. The van der Waals surface area contributed by atoms with Gasteiger partial charge in [0.05, 0.1) is 0 Å². The number of hydrogen-bond donors (Lipinski definition) is 8. The minimum Gasteiger partial charge on any atom is -0.315 e. The van der Waals surface area contributed by atoms with Crippen LogP contribution in [-0.4, -0.2) is 129 Å². The van der Waals surface area contributed by atoms with Crippen molar-refractivity contribution in [1.82, 2.24) is 47.4 Å². The number of nitrogens with one attached hydrogen (secondary N) is 8. The first kappa shape index (κ1) is 34.1. The summed E-state index contributed by atoms with van der Waals surface area (Å²) in [5.74, 6) is 0. The Balaban J connectivity index is 1.62. The Morgan fingerprint density at radius 2 is 0.821 bits per heavy atom. The minimum atomic E-state index is 1.02. The standard InChI is InChI=1S/C30H61N9/c1-2-7-27-39(28-10-30-8-4-3-5-9-30)29-26-38-25-24-37-23-22-36-21-20-35-19-18-34-17-16-33-15-14-32-13-12-31-11-6-1/h3-5,8-9,31-38H,1-2,6-7,10-29H2. The molecule has 0 atom stereocenters. The van der Waals surface area contributed by atoms with Crippen LogP contribution in [-0.2, 0) is 6.42 Å². The quantitative estimate of drug-likeness (QED) is 0.262. The van der Waals surface area contributed by atoms with Crippen molar-refractivity contribution in [3.63, 3.8) is 0 Å². The third kappa shape index (κ3) is 22.3. The molecule has 0 spiro atoms. The molecule has 0 radical (unpaired) electrons. The lowest BCUT2D eigenvalue weighted by Gasteiger charge is -2.23. The minimum absolute atomic E-state index is 1.02. The summed E-state index contributed by atoms with van der Waals surface area (Å²) in [5.41, 5.74) is 1.44. The second kappa shape index (κ2) is 27.1. The van der Waals surface area contributed by atoms with Crippen LogP contribution in [0.25, 0.3) is 0 Å². The molecule has 8 N–H and O–H groups in total. The van der Waals surface area contributed by atoms with Crippen LogP contribution in [0.5, 0.6) is 0 Å². The monoisotopic (exact) mass is 548 g/mol. The van der Waals surface area contributed by atoms with Gasteiger partial charge in [0, 0.05) is 111 Å². The molecule has 0 unspecified atom stereocenters. The molecule has 0 bridgehead atoms. The van der Waals surface area contributed by atoms with Crippen LogP contribution in [0.3, 0.4) is 0 Å². The molecule has 0 saturated carbocycles. The Bertz CT molecular complexity index is 588. The molecule has 9 heteroatoms. The van der Waals surface area contributed by atoms with Gasteiger partial charge < -0.3 is 47.4 Å². The molecule has 0 aliphatic carbocycles. The summed E-state index contributed by atoms with van der Waals surface area (Å²) in [6.07, 6.45) is 6.35. The van der Waals surface area contributed by atoms with E-state index in [0.29, 0.717) is 0 Å². The molecule has 0 amide bonds. The predicted molar refractivity (Wildman–Crippen MR) is 168 cm³/mol. The first-order valence-corrected chi connectivity index (χ1v) is 15.9. The van der Waals surface area contributed by atoms with Gasteiger partial charge in [0.1, 0.15) is 0 Å². The molecule has 226 valence electrons. The fourth-order valence-corrected chi connectivity index (χ4v) is 4.68. The molecule has 1 heterocycles. The van der Waals surface area contributed by atoms with E-state index in [1.165, 1.54) is 37.8 Å². The average molecular weight is 548 g/mol. The van der Waals surface area contributed by atoms with Crippen LogP contribution in [0.4, 0.5) is 0 Å². The molecule has 1 aromatic carbocycles. The van der Waals surface area contributed by atoms with Crippen molar-refractivity contribution in [2.45, 2.75) is 32.1 Å². The summed E-state index contributed by atoms with van der Waals surface area (Å²) in [7, 11) is 0. The van der Waals surface area contributed by atoms with Crippen LogP contribution in [0, 0.1) is 0 Å².